The highest BCUT2D eigenvalue weighted by Gasteiger charge is 2.37. The van der Waals surface area contributed by atoms with Gasteiger partial charge in [0.15, 0.2) is 0 Å². The molecule has 0 aliphatic carbocycles. The maximum atomic E-state index is 11.9. The van der Waals surface area contributed by atoms with Gasteiger partial charge in [-0.1, -0.05) is 0 Å². The number of nitro groups is 1. The molecule has 0 aromatic heterocycles. The van der Waals surface area contributed by atoms with E-state index in [1.807, 2.05) is 0 Å². The second kappa shape index (κ2) is 5.16. The summed E-state index contributed by atoms with van der Waals surface area (Å²) in [4.78, 5) is 34.7. The van der Waals surface area contributed by atoms with Crippen LogP contribution in [0.3, 0.4) is 0 Å². The molecular weight excluding hydrogens is 266 g/mol. The molecular formula is C12H13N3O5. The molecule has 2 rings (SSSR count). The van der Waals surface area contributed by atoms with Gasteiger partial charge in [-0.2, -0.15) is 0 Å². The Hall–Kier alpha value is -2.64. The number of benzene rings is 1. The Morgan fingerprint density at radius 2 is 2.25 bits per heavy atom. The predicted octanol–water partition coefficient (Wildman–Crippen LogP) is 0.442. The average Bonchev–Trinajstić information content (AvgIpc) is 2.80. The fraction of sp³-hybridized carbons (Fsp3) is 0.333. The fourth-order valence-corrected chi connectivity index (χ4v) is 2.13. The number of amides is 2. The fourth-order valence-electron chi connectivity index (χ4n) is 2.13. The Balaban J connectivity index is 2.43. The van der Waals surface area contributed by atoms with Gasteiger partial charge >= 0.3 is 0 Å². The first-order valence-corrected chi connectivity index (χ1v) is 5.86. The summed E-state index contributed by atoms with van der Waals surface area (Å²) < 4.78 is 5.01. The van der Waals surface area contributed by atoms with Gasteiger partial charge in [0, 0.05) is 25.1 Å². The maximum absolute atomic E-state index is 11.9. The minimum absolute atomic E-state index is 0.0380. The first kappa shape index (κ1) is 13.8. The van der Waals surface area contributed by atoms with Crippen molar-refractivity contribution in [1.82, 2.24) is 0 Å². The molecule has 1 saturated heterocycles. The van der Waals surface area contributed by atoms with Gasteiger partial charge in [0.05, 0.1) is 18.0 Å². The van der Waals surface area contributed by atoms with Crippen molar-refractivity contribution < 1.29 is 19.2 Å². The number of carbonyl (C=O) groups excluding carboxylic acids is 2. The summed E-state index contributed by atoms with van der Waals surface area (Å²) in [5.74, 6) is -1.20. The number of ether oxygens (including phenoxy) is 1. The van der Waals surface area contributed by atoms with E-state index in [2.05, 4.69) is 0 Å². The highest BCUT2D eigenvalue weighted by molar-refractivity contribution is 6.01. The van der Waals surface area contributed by atoms with Crippen molar-refractivity contribution in [1.29, 1.82) is 0 Å². The van der Waals surface area contributed by atoms with Gasteiger partial charge in [-0.15, -0.1) is 0 Å². The van der Waals surface area contributed by atoms with Crippen LogP contribution in [-0.2, 0) is 9.59 Å². The van der Waals surface area contributed by atoms with Crippen LogP contribution < -0.4 is 15.4 Å². The summed E-state index contributed by atoms with van der Waals surface area (Å²) in [6.07, 6.45) is -0.0380. The van der Waals surface area contributed by atoms with Crippen molar-refractivity contribution in [2.24, 2.45) is 11.7 Å². The second-order valence-corrected chi connectivity index (χ2v) is 4.42. The number of nitrogens with two attached hydrogens (primary N) is 1. The molecule has 0 saturated carbocycles. The number of nitro benzene ring substituents is 1. The topological polar surface area (TPSA) is 116 Å². The van der Waals surface area contributed by atoms with E-state index < -0.39 is 16.7 Å². The summed E-state index contributed by atoms with van der Waals surface area (Å²) in [6.45, 7) is 0.0438. The van der Waals surface area contributed by atoms with Crippen LogP contribution in [0.25, 0.3) is 0 Å². The minimum atomic E-state index is -0.631. The second-order valence-electron chi connectivity index (χ2n) is 4.42. The summed E-state index contributed by atoms with van der Waals surface area (Å²) >= 11 is 0. The van der Waals surface area contributed by atoms with Crippen LogP contribution >= 0.6 is 0 Å². The average molecular weight is 279 g/mol. The van der Waals surface area contributed by atoms with Crippen LogP contribution in [0.4, 0.5) is 11.4 Å². The predicted molar refractivity (Wildman–Crippen MR) is 69.3 cm³/mol. The van der Waals surface area contributed by atoms with Crippen molar-refractivity contribution in [3.8, 4) is 5.75 Å². The standard InChI is InChI=1S/C12H13N3O5/c1-20-8-2-3-9(15(18)19)10(5-8)14-6-7(12(13)17)4-11(14)16/h2-3,5,7H,4,6H2,1H3,(H2,13,17). The molecule has 20 heavy (non-hydrogen) atoms. The van der Waals surface area contributed by atoms with Crippen molar-refractivity contribution in [3.05, 3.63) is 28.3 Å². The Labute approximate surface area is 114 Å². The normalized spacial score (nSPS) is 18.1. The molecule has 1 aromatic carbocycles. The zero-order chi connectivity index (χ0) is 14.9. The number of hydrogen-bond donors (Lipinski definition) is 1. The summed E-state index contributed by atoms with van der Waals surface area (Å²) in [5, 5.41) is 11.0. The monoisotopic (exact) mass is 279 g/mol. The summed E-state index contributed by atoms with van der Waals surface area (Å²) in [7, 11) is 1.42. The number of carbonyl (C=O) groups is 2. The van der Waals surface area contributed by atoms with E-state index in [1.165, 1.54) is 30.2 Å². The molecule has 1 unspecified atom stereocenters. The van der Waals surface area contributed by atoms with Gasteiger partial charge in [-0.3, -0.25) is 19.7 Å². The lowest BCUT2D eigenvalue weighted by Crippen LogP contribution is -2.28. The molecule has 8 heteroatoms. The molecule has 0 spiro atoms. The first-order chi connectivity index (χ1) is 9.43. The molecule has 2 amide bonds. The van der Waals surface area contributed by atoms with E-state index >= 15 is 0 Å². The Morgan fingerprint density at radius 3 is 2.75 bits per heavy atom. The molecule has 1 heterocycles. The van der Waals surface area contributed by atoms with Crippen LogP contribution in [0, 0.1) is 16.0 Å². The van der Waals surface area contributed by atoms with Crippen LogP contribution in [0.2, 0.25) is 0 Å². The number of anilines is 1. The zero-order valence-electron chi connectivity index (χ0n) is 10.7. The molecule has 0 radical (unpaired) electrons. The maximum Gasteiger partial charge on any atom is 0.293 e. The SMILES string of the molecule is COc1ccc([N+](=O)[O-])c(N2CC(C(N)=O)CC2=O)c1. The highest BCUT2D eigenvalue weighted by atomic mass is 16.6. The van der Waals surface area contributed by atoms with Crippen LogP contribution in [0.1, 0.15) is 6.42 Å². The number of hydrogen-bond acceptors (Lipinski definition) is 5. The van der Waals surface area contributed by atoms with Gasteiger partial charge in [-0.05, 0) is 6.07 Å². The van der Waals surface area contributed by atoms with E-state index in [0.717, 1.165) is 0 Å². The molecule has 8 nitrogen and oxygen atoms in total. The van der Waals surface area contributed by atoms with E-state index in [0.29, 0.717) is 5.75 Å². The largest absolute Gasteiger partial charge is 0.497 e. The van der Waals surface area contributed by atoms with E-state index in [-0.39, 0.29) is 30.2 Å². The minimum Gasteiger partial charge on any atom is -0.497 e. The summed E-state index contributed by atoms with van der Waals surface area (Å²) in [6, 6.07) is 4.10. The highest BCUT2D eigenvalue weighted by Crippen LogP contribution is 2.35. The lowest BCUT2D eigenvalue weighted by Gasteiger charge is -2.17. The quantitative estimate of drug-likeness (QED) is 0.634. The van der Waals surface area contributed by atoms with Crippen LogP contribution in [0.5, 0.6) is 5.75 Å². The third kappa shape index (κ3) is 2.40. The van der Waals surface area contributed by atoms with Gasteiger partial charge in [0.25, 0.3) is 5.69 Å². The lowest BCUT2D eigenvalue weighted by molar-refractivity contribution is -0.384. The zero-order valence-corrected chi connectivity index (χ0v) is 10.7. The molecule has 0 bridgehead atoms. The number of rotatable bonds is 4. The third-order valence-electron chi connectivity index (χ3n) is 3.20. The molecule has 2 N–H and O–H groups in total. The van der Waals surface area contributed by atoms with Crippen molar-refractivity contribution >= 4 is 23.2 Å². The molecule has 1 aromatic rings. The smallest absolute Gasteiger partial charge is 0.293 e. The van der Waals surface area contributed by atoms with Crippen LogP contribution in [-0.4, -0.2) is 30.4 Å². The summed E-state index contributed by atoms with van der Waals surface area (Å²) in [5.41, 5.74) is 5.07. The van der Waals surface area contributed by atoms with Gasteiger partial charge in [-0.25, -0.2) is 0 Å². The number of nitrogens with zero attached hydrogens (tertiary/aromatic N) is 2. The molecule has 1 aliphatic heterocycles. The molecule has 106 valence electrons. The number of primary amides is 1. The molecule has 1 atom stereocenters. The van der Waals surface area contributed by atoms with E-state index in [9.17, 15) is 19.7 Å². The van der Waals surface area contributed by atoms with Crippen molar-refractivity contribution in [2.75, 3.05) is 18.6 Å². The lowest BCUT2D eigenvalue weighted by atomic mass is 10.1. The first-order valence-electron chi connectivity index (χ1n) is 5.86. The van der Waals surface area contributed by atoms with Gasteiger partial charge < -0.3 is 15.4 Å². The molecule has 1 fully saturated rings. The Morgan fingerprint density at radius 1 is 1.55 bits per heavy atom. The van der Waals surface area contributed by atoms with E-state index in [1.54, 1.807) is 0 Å². The van der Waals surface area contributed by atoms with Gasteiger partial charge in [0.1, 0.15) is 11.4 Å². The molecule has 1 aliphatic rings. The number of methoxy groups -OCH3 is 1. The van der Waals surface area contributed by atoms with Gasteiger partial charge in [0.2, 0.25) is 11.8 Å². The third-order valence-corrected chi connectivity index (χ3v) is 3.20. The van der Waals surface area contributed by atoms with Crippen molar-refractivity contribution in [2.45, 2.75) is 6.42 Å². The van der Waals surface area contributed by atoms with E-state index in [4.69, 9.17) is 10.5 Å². The Bertz CT molecular complexity index is 586. The van der Waals surface area contributed by atoms with Crippen LogP contribution in [0.15, 0.2) is 18.2 Å². The Kier molecular flexibility index (Phi) is 3.55. The van der Waals surface area contributed by atoms with Crippen molar-refractivity contribution in [3.63, 3.8) is 0 Å².